The van der Waals surface area contributed by atoms with E-state index >= 15 is 0 Å². The minimum atomic E-state index is -3.45. The predicted octanol–water partition coefficient (Wildman–Crippen LogP) is 1.25. The van der Waals surface area contributed by atoms with Gasteiger partial charge in [0.05, 0.1) is 12.0 Å². The highest BCUT2D eigenvalue weighted by molar-refractivity contribution is 7.89. The van der Waals surface area contributed by atoms with Gasteiger partial charge in [-0.05, 0) is 45.0 Å². The Kier molecular flexibility index (Phi) is 3.85. The highest BCUT2D eigenvalue weighted by atomic mass is 32.2. The fourth-order valence-electron chi connectivity index (χ4n) is 1.92. The molecule has 2 rings (SSSR count). The van der Waals surface area contributed by atoms with Crippen LogP contribution < -0.4 is 14.8 Å². The van der Waals surface area contributed by atoms with Gasteiger partial charge < -0.3 is 10.1 Å². The first-order valence-corrected chi connectivity index (χ1v) is 7.74. The van der Waals surface area contributed by atoms with Crippen molar-refractivity contribution in [1.29, 1.82) is 0 Å². The molecule has 0 bridgehead atoms. The van der Waals surface area contributed by atoms with E-state index in [2.05, 4.69) is 10.0 Å². The van der Waals surface area contributed by atoms with E-state index in [1.54, 1.807) is 25.3 Å². The van der Waals surface area contributed by atoms with Gasteiger partial charge in [0.15, 0.2) is 0 Å². The van der Waals surface area contributed by atoms with Crippen LogP contribution in [0.15, 0.2) is 23.1 Å². The van der Waals surface area contributed by atoms with Crippen LogP contribution in [0.5, 0.6) is 5.75 Å². The summed E-state index contributed by atoms with van der Waals surface area (Å²) in [5, 5.41) is 3.00. The molecular weight excluding hydrogens is 264 g/mol. The number of ether oxygens (including phenoxy) is 1. The molecule has 1 aromatic rings. The van der Waals surface area contributed by atoms with Crippen molar-refractivity contribution in [2.24, 2.45) is 0 Å². The summed E-state index contributed by atoms with van der Waals surface area (Å²) >= 11 is 0. The van der Waals surface area contributed by atoms with E-state index in [0.717, 1.165) is 18.4 Å². The minimum Gasteiger partial charge on any atom is -0.496 e. The third kappa shape index (κ3) is 3.26. The molecule has 1 aliphatic carbocycles. The molecule has 0 heterocycles. The van der Waals surface area contributed by atoms with Gasteiger partial charge in [0, 0.05) is 17.6 Å². The van der Waals surface area contributed by atoms with Crippen LogP contribution >= 0.6 is 0 Å². The second-order valence-electron chi connectivity index (χ2n) is 5.17. The molecule has 0 saturated heterocycles. The molecule has 0 amide bonds. The van der Waals surface area contributed by atoms with Gasteiger partial charge in [-0.3, -0.25) is 0 Å². The summed E-state index contributed by atoms with van der Waals surface area (Å²) in [6, 6.07) is 4.92. The molecule has 2 N–H and O–H groups in total. The zero-order valence-electron chi connectivity index (χ0n) is 11.5. The standard InChI is InChI=1S/C13H20N2O3S/c1-13(6-7-13)15-19(16,17)11-4-5-12(18-3)10(8-11)9-14-2/h4-5,8,14-15H,6-7,9H2,1-3H3. The van der Waals surface area contributed by atoms with Crippen LogP contribution in [0.2, 0.25) is 0 Å². The maximum atomic E-state index is 12.3. The van der Waals surface area contributed by atoms with Crippen LogP contribution in [0, 0.1) is 0 Å². The lowest BCUT2D eigenvalue weighted by Crippen LogP contribution is -2.34. The van der Waals surface area contributed by atoms with E-state index in [1.807, 2.05) is 14.0 Å². The molecule has 0 spiro atoms. The summed E-state index contributed by atoms with van der Waals surface area (Å²) in [5.74, 6) is 0.686. The van der Waals surface area contributed by atoms with Crippen molar-refractivity contribution in [3.8, 4) is 5.75 Å². The number of benzene rings is 1. The summed E-state index contributed by atoms with van der Waals surface area (Å²) in [4.78, 5) is 0.284. The Hall–Kier alpha value is -1.11. The molecule has 0 unspecified atom stereocenters. The topological polar surface area (TPSA) is 67.4 Å². The summed E-state index contributed by atoms with van der Waals surface area (Å²) in [6.07, 6.45) is 1.79. The van der Waals surface area contributed by atoms with Crippen molar-refractivity contribution >= 4 is 10.0 Å². The SMILES string of the molecule is CNCc1cc(S(=O)(=O)NC2(C)CC2)ccc1OC. The fourth-order valence-corrected chi connectivity index (χ4v) is 3.44. The lowest BCUT2D eigenvalue weighted by molar-refractivity contribution is 0.408. The number of rotatable bonds is 6. The Morgan fingerprint density at radius 3 is 2.58 bits per heavy atom. The van der Waals surface area contributed by atoms with Crippen LogP contribution in [0.25, 0.3) is 0 Å². The maximum Gasteiger partial charge on any atom is 0.241 e. The van der Waals surface area contributed by atoms with E-state index in [-0.39, 0.29) is 10.4 Å². The normalized spacial score (nSPS) is 17.2. The van der Waals surface area contributed by atoms with Gasteiger partial charge in [0.25, 0.3) is 0 Å². The highest BCUT2D eigenvalue weighted by Crippen LogP contribution is 2.36. The monoisotopic (exact) mass is 284 g/mol. The number of hydrogen-bond acceptors (Lipinski definition) is 4. The largest absolute Gasteiger partial charge is 0.496 e. The predicted molar refractivity (Wildman–Crippen MR) is 73.7 cm³/mol. The third-order valence-corrected chi connectivity index (χ3v) is 4.95. The average molecular weight is 284 g/mol. The Morgan fingerprint density at radius 2 is 2.05 bits per heavy atom. The Labute approximate surface area is 114 Å². The lowest BCUT2D eigenvalue weighted by Gasteiger charge is -2.14. The number of hydrogen-bond donors (Lipinski definition) is 2. The second-order valence-corrected chi connectivity index (χ2v) is 6.85. The van der Waals surface area contributed by atoms with Gasteiger partial charge in [0.2, 0.25) is 10.0 Å². The fraction of sp³-hybridized carbons (Fsp3) is 0.538. The molecule has 0 atom stereocenters. The zero-order chi connectivity index (χ0) is 14.1. The molecule has 1 fully saturated rings. The van der Waals surface area contributed by atoms with E-state index in [1.165, 1.54) is 0 Å². The Balaban J connectivity index is 2.31. The van der Waals surface area contributed by atoms with E-state index < -0.39 is 10.0 Å². The summed E-state index contributed by atoms with van der Waals surface area (Å²) in [7, 11) is -0.0694. The van der Waals surface area contributed by atoms with Crippen molar-refractivity contribution in [2.45, 2.75) is 36.7 Å². The molecule has 0 radical (unpaired) electrons. The molecule has 1 aromatic carbocycles. The van der Waals surface area contributed by atoms with E-state index in [4.69, 9.17) is 4.74 Å². The highest BCUT2D eigenvalue weighted by Gasteiger charge is 2.41. The van der Waals surface area contributed by atoms with Gasteiger partial charge in [-0.1, -0.05) is 0 Å². The molecule has 1 aliphatic rings. The Bertz CT molecular complexity index is 565. The van der Waals surface area contributed by atoms with E-state index in [9.17, 15) is 8.42 Å². The van der Waals surface area contributed by atoms with Gasteiger partial charge >= 0.3 is 0 Å². The first-order chi connectivity index (χ1) is 8.90. The minimum absolute atomic E-state index is 0.262. The van der Waals surface area contributed by atoms with Crippen molar-refractivity contribution in [1.82, 2.24) is 10.0 Å². The van der Waals surface area contributed by atoms with Gasteiger partial charge in [0.1, 0.15) is 5.75 Å². The average Bonchev–Trinajstić information content (AvgIpc) is 3.06. The molecule has 106 valence electrons. The number of sulfonamides is 1. The summed E-state index contributed by atoms with van der Waals surface area (Å²) < 4.78 is 32.5. The maximum absolute atomic E-state index is 12.3. The smallest absolute Gasteiger partial charge is 0.241 e. The van der Waals surface area contributed by atoms with Crippen molar-refractivity contribution in [3.05, 3.63) is 23.8 Å². The zero-order valence-corrected chi connectivity index (χ0v) is 12.3. The third-order valence-electron chi connectivity index (χ3n) is 3.31. The first-order valence-electron chi connectivity index (χ1n) is 6.26. The van der Waals surface area contributed by atoms with Gasteiger partial charge in [-0.15, -0.1) is 0 Å². The van der Waals surface area contributed by atoms with Crippen molar-refractivity contribution in [2.75, 3.05) is 14.2 Å². The van der Waals surface area contributed by atoms with Crippen LogP contribution in [0.1, 0.15) is 25.3 Å². The molecule has 19 heavy (non-hydrogen) atoms. The quantitative estimate of drug-likeness (QED) is 0.825. The number of nitrogens with one attached hydrogen (secondary N) is 2. The molecule has 5 nitrogen and oxygen atoms in total. The van der Waals surface area contributed by atoms with Crippen LogP contribution in [-0.4, -0.2) is 28.1 Å². The lowest BCUT2D eigenvalue weighted by atomic mass is 10.2. The Morgan fingerprint density at radius 1 is 1.37 bits per heavy atom. The first kappa shape index (κ1) is 14.3. The van der Waals surface area contributed by atoms with Gasteiger partial charge in [-0.2, -0.15) is 0 Å². The van der Waals surface area contributed by atoms with Crippen LogP contribution in [0.3, 0.4) is 0 Å². The number of methoxy groups -OCH3 is 1. The van der Waals surface area contributed by atoms with Crippen LogP contribution in [-0.2, 0) is 16.6 Å². The molecule has 0 aliphatic heterocycles. The van der Waals surface area contributed by atoms with Gasteiger partial charge in [-0.25, -0.2) is 13.1 Å². The van der Waals surface area contributed by atoms with Crippen molar-refractivity contribution in [3.63, 3.8) is 0 Å². The second kappa shape index (κ2) is 5.11. The molecule has 6 heteroatoms. The van der Waals surface area contributed by atoms with E-state index in [0.29, 0.717) is 12.3 Å². The van der Waals surface area contributed by atoms with Crippen molar-refractivity contribution < 1.29 is 13.2 Å². The summed E-state index contributed by atoms with van der Waals surface area (Å²) in [5.41, 5.74) is 0.566. The van der Waals surface area contributed by atoms with Crippen LogP contribution in [0.4, 0.5) is 0 Å². The molecule has 0 aromatic heterocycles. The molecular formula is C13H20N2O3S. The molecule has 1 saturated carbocycles. The summed E-state index contributed by atoms with van der Waals surface area (Å²) in [6.45, 7) is 2.48.